The summed E-state index contributed by atoms with van der Waals surface area (Å²) in [7, 11) is 0. The average molecular weight is 430 g/mol. The van der Waals surface area contributed by atoms with Crippen molar-refractivity contribution >= 4 is 29.0 Å². The van der Waals surface area contributed by atoms with E-state index < -0.39 is 0 Å². The number of hydrogen-bond acceptors (Lipinski definition) is 3. The van der Waals surface area contributed by atoms with Crippen LogP contribution in [0.25, 0.3) is 16.6 Å². The molecule has 31 heavy (non-hydrogen) atoms. The zero-order chi connectivity index (χ0) is 22.0. The third kappa shape index (κ3) is 4.20. The largest absolute Gasteiger partial charge is 0.346 e. The fourth-order valence-electron chi connectivity index (χ4n) is 3.58. The van der Waals surface area contributed by atoms with E-state index in [0.717, 1.165) is 12.0 Å². The Morgan fingerprint density at radius 3 is 2.45 bits per heavy atom. The van der Waals surface area contributed by atoms with Crippen LogP contribution >= 0.6 is 12.2 Å². The first-order chi connectivity index (χ1) is 15.0. The fraction of sp³-hybridized carbons (Fsp3) is 0.160. The summed E-state index contributed by atoms with van der Waals surface area (Å²) >= 11 is 5.42. The molecule has 6 heteroatoms. The summed E-state index contributed by atoms with van der Waals surface area (Å²) in [4.78, 5) is 28.9. The molecule has 0 bridgehead atoms. The predicted octanol–water partition coefficient (Wildman–Crippen LogP) is 5.10. The number of H-pyrrole nitrogens is 1. The molecule has 5 nitrogen and oxygen atoms in total. The number of rotatable bonds is 5. The molecule has 0 fully saturated rings. The van der Waals surface area contributed by atoms with Gasteiger partial charge in [0, 0.05) is 5.56 Å². The van der Waals surface area contributed by atoms with Gasteiger partial charge in [0.05, 0.1) is 22.6 Å². The average Bonchev–Trinajstić information content (AvgIpc) is 2.79. The molecule has 3 aromatic carbocycles. The molecule has 0 spiro atoms. The van der Waals surface area contributed by atoms with Crippen LogP contribution in [0.2, 0.25) is 0 Å². The van der Waals surface area contributed by atoms with Gasteiger partial charge in [-0.15, -0.1) is 0 Å². The molecule has 1 atom stereocenters. The number of carbonyl (C=O) groups is 1. The number of fused-ring (bicyclic) bond motifs is 1. The van der Waals surface area contributed by atoms with Gasteiger partial charge in [0.1, 0.15) is 0 Å². The van der Waals surface area contributed by atoms with Gasteiger partial charge >= 0.3 is 0 Å². The van der Waals surface area contributed by atoms with E-state index in [1.54, 1.807) is 18.2 Å². The molecule has 1 aromatic heterocycles. The lowest BCUT2D eigenvalue weighted by molar-refractivity contribution is 0.0940. The number of aromatic amines is 1. The van der Waals surface area contributed by atoms with Crippen LogP contribution in [0.3, 0.4) is 0 Å². The van der Waals surface area contributed by atoms with Crippen LogP contribution in [-0.4, -0.2) is 15.5 Å². The minimum Gasteiger partial charge on any atom is -0.346 e. The quantitative estimate of drug-likeness (QED) is 0.434. The SMILES string of the molecule is CCc1ccc(C(C)NC(=O)c2ccc3c(=O)n(-c4ccccc4)c(=S)[nH]c3c2)cc1. The summed E-state index contributed by atoms with van der Waals surface area (Å²) in [6.45, 7) is 4.06. The molecule has 4 rings (SSSR count). The van der Waals surface area contributed by atoms with Crippen molar-refractivity contribution in [2.75, 3.05) is 0 Å². The van der Waals surface area contributed by atoms with Crippen LogP contribution in [0, 0.1) is 4.77 Å². The highest BCUT2D eigenvalue weighted by Gasteiger charge is 2.14. The summed E-state index contributed by atoms with van der Waals surface area (Å²) < 4.78 is 1.74. The van der Waals surface area contributed by atoms with Crippen molar-refractivity contribution in [1.29, 1.82) is 0 Å². The van der Waals surface area contributed by atoms with Crippen molar-refractivity contribution < 1.29 is 4.79 Å². The van der Waals surface area contributed by atoms with Gasteiger partial charge in [-0.3, -0.25) is 14.2 Å². The predicted molar refractivity (Wildman–Crippen MR) is 126 cm³/mol. The molecular weight excluding hydrogens is 406 g/mol. The summed E-state index contributed by atoms with van der Waals surface area (Å²) in [6, 6.07) is 22.3. The number of benzene rings is 3. The number of nitrogens with zero attached hydrogens (tertiary/aromatic N) is 1. The summed E-state index contributed by atoms with van der Waals surface area (Å²) in [5.41, 5.74) is 3.77. The van der Waals surface area contributed by atoms with E-state index in [1.165, 1.54) is 10.1 Å². The Kier molecular flexibility index (Phi) is 5.82. The highest BCUT2D eigenvalue weighted by atomic mass is 32.1. The molecule has 156 valence electrons. The van der Waals surface area contributed by atoms with Crippen molar-refractivity contribution in [3.05, 3.63) is 105 Å². The van der Waals surface area contributed by atoms with Crippen LogP contribution in [0.5, 0.6) is 0 Å². The summed E-state index contributed by atoms with van der Waals surface area (Å²) in [5.74, 6) is -0.208. The van der Waals surface area contributed by atoms with E-state index in [2.05, 4.69) is 29.4 Å². The second-order valence-corrected chi connectivity index (χ2v) is 7.84. The lowest BCUT2D eigenvalue weighted by Crippen LogP contribution is -2.27. The third-order valence-corrected chi connectivity index (χ3v) is 5.69. The first-order valence-corrected chi connectivity index (χ1v) is 10.6. The van der Waals surface area contributed by atoms with Crippen LogP contribution in [0.4, 0.5) is 0 Å². The lowest BCUT2D eigenvalue weighted by Gasteiger charge is -2.15. The molecule has 1 amide bonds. The van der Waals surface area contributed by atoms with Gasteiger partial charge < -0.3 is 10.3 Å². The second kappa shape index (κ2) is 8.70. The van der Waals surface area contributed by atoms with Crippen molar-refractivity contribution in [2.24, 2.45) is 0 Å². The maximum Gasteiger partial charge on any atom is 0.266 e. The Morgan fingerprint density at radius 1 is 1.06 bits per heavy atom. The van der Waals surface area contributed by atoms with E-state index in [4.69, 9.17) is 12.2 Å². The van der Waals surface area contributed by atoms with E-state index in [0.29, 0.717) is 22.2 Å². The smallest absolute Gasteiger partial charge is 0.266 e. The maximum absolute atomic E-state index is 13.0. The van der Waals surface area contributed by atoms with Gasteiger partial charge in [-0.25, -0.2) is 0 Å². The molecule has 0 aliphatic rings. The van der Waals surface area contributed by atoms with Gasteiger partial charge in [0.25, 0.3) is 11.5 Å². The fourth-order valence-corrected chi connectivity index (χ4v) is 3.87. The van der Waals surface area contributed by atoms with Crippen molar-refractivity contribution in [3.63, 3.8) is 0 Å². The molecule has 0 saturated carbocycles. The van der Waals surface area contributed by atoms with Crippen LogP contribution in [0.1, 0.15) is 41.4 Å². The number of aryl methyl sites for hydroxylation is 1. The van der Waals surface area contributed by atoms with Gasteiger partial charge in [0.2, 0.25) is 0 Å². The van der Waals surface area contributed by atoms with Crippen molar-refractivity contribution in [1.82, 2.24) is 14.9 Å². The lowest BCUT2D eigenvalue weighted by atomic mass is 10.0. The zero-order valence-corrected chi connectivity index (χ0v) is 18.2. The highest BCUT2D eigenvalue weighted by Crippen LogP contribution is 2.17. The number of amides is 1. The Labute approximate surface area is 185 Å². The zero-order valence-electron chi connectivity index (χ0n) is 17.4. The van der Waals surface area contributed by atoms with E-state index in [1.807, 2.05) is 49.4 Å². The van der Waals surface area contributed by atoms with Crippen LogP contribution < -0.4 is 10.9 Å². The van der Waals surface area contributed by atoms with Crippen molar-refractivity contribution in [3.8, 4) is 5.69 Å². The number of aromatic nitrogens is 2. The van der Waals surface area contributed by atoms with Crippen molar-refractivity contribution in [2.45, 2.75) is 26.3 Å². The monoisotopic (exact) mass is 429 g/mol. The minimum atomic E-state index is -0.221. The molecule has 2 N–H and O–H groups in total. The molecule has 1 unspecified atom stereocenters. The number of nitrogens with one attached hydrogen (secondary N) is 2. The second-order valence-electron chi connectivity index (χ2n) is 7.46. The summed E-state index contributed by atoms with van der Waals surface area (Å²) in [5, 5.41) is 3.49. The van der Waals surface area contributed by atoms with Gasteiger partial charge in [-0.2, -0.15) is 0 Å². The third-order valence-electron chi connectivity index (χ3n) is 5.41. The Morgan fingerprint density at radius 2 is 1.77 bits per heavy atom. The molecular formula is C25H23N3O2S. The number of hydrogen-bond donors (Lipinski definition) is 2. The van der Waals surface area contributed by atoms with Crippen LogP contribution in [-0.2, 0) is 6.42 Å². The Bertz CT molecular complexity index is 1360. The summed E-state index contributed by atoms with van der Waals surface area (Å²) in [6.07, 6.45) is 0.978. The Hall–Kier alpha value is -3.51. The molecule has 0 aliphatic heterocycles. The van der Waals surface area contributed by atoms with Gasteiger partial charge in [0.15, 0.2) is 4.77 Å². The minimum absolute atomic E-state index is 0.140. The molecule has 1 heterocycles. The molecule has 0 saturated heterocycles. The highest BCUT2D eigenvalue weighted by molar-refractivity contribution is 7.71. The Balaban J connectivity index is 1.63. The topological polar surface area (TPSA) is 66.9 Å². The maximum atomic E-state index is 13.0. The normalized spacial score (nSPS) is 11.9. The molecule has 0 aliphatic carbocycles. The van der Waals surface area contributed by atoms with E-state index >= 15 is 0 Å². The van der Waals surface area contributed by atoms with Crippen LogP contribution in [0.15, 0.2) is 77.6 Å². The first-order valence-electron chi connectivity index (χ1n) is 10.2. The standard InChI is InChI=1S/C25H23N3O2S/c1-3-17-9-11-18(12-10-17)16(2)26-23(29)19-13-14-21-22(15-19)27-25(31)28(24(21)30)20-7-5-4-6-8-20/h4-16H,3H2,1-2H3,(H,26,29)(H,27,31). The molecule has 0 radical (unpaired) electrons. The van der Waals surface area contributed by atoms with Gasteiger partial charge in [-0.1, -0.05) is 49.4 Å². The molecule has 4 aromatic rings. The number of para-hydroxylation sites is 1. The van der Waals surface area contributed by atoms with E-state index in [-0.39, 0.29) is 22.3 Å². The van der Waals surface area contributed by atoms with Gasteiger partial charge in [-0.05, 0) is 67.0 Å². The first kappa shape index (κ1) is 20.8. The van der Waals surface area contributed by atoms with E-state index in [9.17, 15) is 9.59 Å². The number of carbonyl (C=O) groups excluding carboxylic acids is 1.